The molecule has 7 nitrogen and oxygen atoms in total. The van der Waals surface area contributed by atoms with E-state index in [2.05, 4.69) is 10.2 Å². The number of fused-ring (bicyclic) bond motifs is 2. The average Bonchev–Trinajstić information content (AvgIpc) is 3.37. The number of benzene rings is 2. The molecule has 30 heavy (non-hydrogen) atoms. The second-order valence-electron chi connectivity index (χ2n) is 8.38. The average molecular weight is 405 g/mol. The first-order chi connectivity index (χ1) is 14.7. The Kier molecular flexibility index (Phi) is 3.99. The van der Waals surface area contributed by atoms with Gasteiger partial charge in [-0.2, -0.15) is 4.98 Å². The lowest BCUT2D eigenvalue weighted by Crippen LogP contribution is -2.59. The molecule has 0 radical (unpaired) electrons. The van der Waals surface area contributed by atoms with Gasteiger partial charge in [0.1, 0.15) is 11.3 Å². The predicted octanol–water partition coefficient (Wildman–Crippen LogP) is 3.77. The van der Waals surface area contributed by atoms with Crippen LogP contribution in [0.1, 0.15) is 35.2 Å². The first kappa shape index (κ1) is 17.8. The largest absolute Gasteiger partial charge is 0.493 e. The van der Waals surface area contributed by atoms with Gasteiger partial charge >= 0.3 is 0 Å². The smallest absolute Gasteiger partial charge is 0.299 e. The van der Waals surface area contributed by atoms with Gasteiger partial charge in [-0.25, -0.2) is 0 Å². The fraction of sp³-hybridized carbons (Fsp3) is 0.391. The number of rotatable bonds is 3. The minimum absolute atomic E-state index is 0.0497. The van der Waals surface area contributed by atoms with Gasteiger partial charge in [-0.05, 0) is 67.6 Å². The van der Waals surface area contributed by atoms with Gasteiger partial charge in [0.2, 0.25) is 0 Å². The van der Waals surface area contributed by atoms with Gasteiger partial charge in [0.15, 0.2) is 5.58 Å². The van der Waals surface area contributed by atoms with Crippen LogP contribution in [0.5, 0.6) is 5.75 Å². The Balaban J connectivity index is 1.23. The first-order valence-corrected chi connectivity index (χ1v) is 10.5. The van der Waals surface area contributed by atoms with Gasteiger partial charge in [0.05, 0.1) is 25.4 Å². The minimum Gasteiger partial charge on any atom is -0.493 e. The summed E-state index contributed by atoms with van der Waals surface area (Å²) in [5, 5.41) is 2.98. The zero-order chi connectivity index (χ0) is 20.1. The number of hydrogen-bond donors (Lipinski definition) is 1. The molecule has 1 spiro atoms. The van der Waals surface area contributed by atoms with Crippen molar-refractivity contribution >= 4 is 28.7 Å². The summed E-state index contributed by atoms with van der Waals surface area (Å²) in [6, 6.07) is 11.8. The van der Waals surface area contributed by atoms with Crippen LogP contribution in [0.4, 0.5) is 11.7 Å². The summed E-state index contributed by atoms with van der Waals surface area (Å²) in [6.07, 6.45) is 4.15. The Labute approximate surface area is 174 Å². The topological polar surface area (TPSA) is 76.8 Å². The maximum atomic E-state index is 12.8. The van der Waals surface area contributed by atoms with Crippen LogP contribution in [-0.2, 0) is 11.2 Å². The number of nitrogens with one attached hydrogen (secondary N) is 1. The predicted molar refractivity (Wildman–Crippen MR) is 112 cm³/mol. The van der Waals surface area contributed by atoms with E-state index in [1.807, 2.05) is 30.3 Å². The minimum atomic E-state index is -0.142. The van der Waals surface area contributed by atoms with E-state index < -0.39 is 0 Å². The Bertz CT molecular complexity index is 1130. The van der Waals surface area contributed by atoms with E-state index in [0.29, 0.717) is 17.3 Å². The van der Waals surface area contributed by atoms with Gasteiger partial charge in [0.25, 0.3) is 11.9 Å². The van der Waals surface area contributed by atoms with Crippen molar-refractivity contribution < 1.29 is 18.7 Å². The summed E-state index contributed by atoms with van der Waals surface area (Å²) in [4.78, 5) is 19.7. The lowest BCUT2D eigenvalue weighted by atomic mass is 9.94. The third-order valence-electron chi connectivity index (χ3n) is 6.37. The number of hydrogen-bond acceptors (Lipinski definition) is 6. The van der Waals surface area contributed by atoms with E-state index in [9.17, 15) is 4.79 Å². The molecular weight excluding hydrogens is 382 g/mol. The fourth-order valence-corrected chi connectivity index (χ4v) is 4.69. The summed E-state index contributed by atoms with van der Waals surface area (Å²) in [7, 11) is 0. The summed E-state index contributed by atoms with van der Waals surface area (Å²) >= 11 is 0. The van der Waals surface area contributed by atoms with Crippen LogP contribution in [-0.4, -0.2) is 42.8 Å². The number of nitrogens with zero attached hydrogens (tertiary/aromatic N) is 2. The molecule has 3 aromatic rings. The van der Waals surface area contributed by atoms with Crippen molar-refractivity contribution in [3.63, 3.8) is 0 Å². The molecule has 3 aliphatic rings. The maximum absolute atomic E-state index is 12.8. The van der Waals surface area contributed by atoms with Crippen molar-refractivity contribution in [2.45, 2.75) is 31.2 Å². The number of aromatic nitrogens is 1. The lowest BCUT2D eigenvalue weighted by molar-refractivity contribution is -0.0520. The monoisotopic (exact) mass is 405 g/mol. The highest BCUT2D eigenvalue weighted by atomic mass is 16.5. The molecule has 0 atom stereocenters. The van der Waals surface area contributed by atoms with Crippen LogP contribution in [0.15, 0.2) is 40.8 Å². The van der Waals surface area contributed by atoms with Gasteiger partial charge < -0.3 is 24.1 Å². The number of amides is 1. The highest BCUT2D eigenvalue weighted by molar-refractivity contribution is 6.05. The van der Waals surface area contributed by atoms with Crippen molar-refractivity contribution in [3.8, 4) is 5.75 Å². The SMILES string of the molecule is O=C(Nc1ccc2oc(N3CCCC34COC4)nc2c1)c1ccc2c(c1)CCCO2. The number of ether oxygens (including phenoxy) is 2. The normalized spacial score (nSPS) is 19.4. The Morgan fingerprint density at radius 3 is 2.93 bits per heavy atom. The van der Waals surface area contributed by atoms with Crippen LogP contribution in [0, 0.1) is 0 Å². The molecule has 1 N–H and O–H groups in total. The molecule has 154 valence electrons. The number of anilines is 2. The van der Waals surface area contributed by atoms with Crippen LogP contribution < -0.4 is 15.0 Å². The Hall–Kier alpha value is -3.06. The molecule has 2 fully saturated rings. The molecule has 0 aliphatic carbocycles. The Morgan fingerprint density at radius 1 is 1.13 bits per heavy atom. The van der Waals surface area contributed by atoms with Gasteiger partial charge in [0, 0.05) is 17.8 Å². The zero-order valence-electron chi connectivity index (χ0n) is 16.6. The molecule has 6 rings (SSSR count). The van der Waals surface area contributed by atoms with Gasteiger partial charge in [-0.3, -0.25) is 4.79 Å². The highest BCUT2D eigenvalue weighted by Crippen LogP contribution is 2.40. The van der Waals surface area contributed by atoms with E-state index in [4.69, 9.17) is 18.9 Å². The molecule has 2 saturated heterocycles. The van der Waals surface area contributed by atoms with E-state index in [0.717, 1.165) is 74.5 Å². The third kappa shape index (κ3) is 2.84. The van der Waals surface area contributed by atoms with E-state index >= 15 is 0 Å². The van der Waals surface area contributed by atoms with Crippen molar-refractivity contribution in [2.24, 2.45) is 0 Å². The Morgan fingerprint density at radius 2 is 2.07 bits per heavy atom. The number of carbonyl (C=O) groups is 1. The third-order valence-corrected chi connectivity index (χ3v) is 6.37. The van der Waals surface area contributed by atoms with E-state index in [1.54, 1.807) is 6.07 Å². The van der Waals surface area contributed by atoms with Crippen LogP contribution in [0.2, 0.25) is 0 Å². The highest BCUT2D eigenvalue weighted by Gasteiger charge is 2.49. The molecule has 0 saturated carbocycles. The van der Waals surface area contributed by atoms with Crippen molar-refractivity contribution in [3.05, 3.63) is 47.5 Å². The lowest BCUT2D eigenvalue weighted by Gasteiger charge is -2.44. The standard InChI is InChI=1S/C23H23N3O4/c27-21(16-4-6-19-15(11-16)3-1-10-29-19)24-17-5-7-20-18(12-17)25-22(30-20)26-9-2-8-23(26)13-28-14-23/h4-7,11-12H,1-3,8-10,13-14H2,(H,24,27). The van der Waals surface area contributed by atoms with Gasteiger partial charge in [-0.1, -0.05) is 0 Å². The number of aryl methyl sites for hydroxylation is 1. The summed E-state index contributed by atoms with van der Waals surface area (Å²) in [5.74, 6) is 0.738. The molecule has 7 heteroatoms. The summed E-state index contributed by atoms with van der Waals surface area (Å²) < 4.78 is 17.1. The summed E-state index contributed by atoms with van der Waals surface area (Å²) in [5.41, 5.74) is 3.92. The molecule has 3 aliphatic heterocycles. The molecule has 1 aromatic heterocycles. The molecule has 2 aromatic carbocycles. The molecular formula is C23H23N3O4. The van der Waals surface area contributed by atoms with Crippen molar-refractivity contribution in [2.75, 3.05) is 36.6 Å². The van der Waals surface area contributed by atoms with Crippen LogP contribution >= 0.6 is 0 Å². The molecule has 1 amide bonds. The molecule has 0 bridgehead atoms. The molecule has 4 heterocycles. The van der Waals surface area contributed by atoms with Crippen molar-refractivity contribution in [1.29, 1.82) is 0 Å². The second kappa shape index (κ2) is 6.74. The number of oxazole rings is 1. The van der Waals surface area contributed by atoms with Gasteiger partial charge in [-0.15, -0.1) is 0 Å². The molecule has 0 unspecified atom stereocenters. The quantitative estimate of drug-likeness (QED) is 0.715. The van der Waals surface area contributed by atoms with E-state index in [1.165, 1.54) is 0 Å². The van der Waals surface area contributed by atoms with E-state index in [-0.39, 0.29) is 11.4 Å². The van der Waals surface area contributed by atoms with Crippen LogP contribution in [0.3, 0.4) is 0 Å². The zero-order valence-corrected chi connectivity index (χ0v) is 16.6. The first-order valence-electron chi connectivity index (χ1n) is 10.5. The number of carbonyl (C=O) groups excluding carboxylic acids is 1. The second-order valence-corrected chi connectivity index (χ2v) is 8.38. The maximum Gasteiger partial charge on any atom is 0.299 e. The fourth-order valence-electron chi connectivity index (χ4n) is 4.69. The van der Waals surface area contributed by atoms with Crippen molar-refractivity contribution in [1.82, 2.24) is 4.98 Å². The van der Waals surface area contributed by atoms with Crippen LogP contribution in [0.25, 0.3) is 11.1 Å². The summed E-state index contributed by atoms with van der Waals surface area (Å²) in [6.45, 7) is 3.14.